The number of halogens is 1. The lowest BCUT2D eigenvalue weighted by atomic mass is 10.0. The number of aliphatic hydroxyl groups is 1. The van der Waals surface area contributed by atoms with Gasteiger partial charge in [-0.2, -0.15) is 0 Å². The van der Waals surface area contributed by atoms with E-state index in [0.717, 1.165) is 0 Å². The molecule has 8 heteroatoms. The number of amides is 2. The van der Waals surface area contributed by atoms with Crippen molar-refractivity contribution >= 4 is 28.5 Å². The number of fused-ring (bicyclic) bond motifs is 1. The fraction of sp³-hybridized carbons (Fsp3) is 0.290. The second-order valence-electron chi connectivity index (χ2n) is 9.83. The maximum Gasteiger partial charge on any atom is 0.259 e. The molecular formula is C31H33FN2O5. The summed E-state index contributed by atoms with van der Waals surface area (Å²) in [6, 6.07) is 17.8. The number of para-hydroxylation sites is 1. The number of aliphatic hydroxyl groups excluding tert-OH is 1. The SMILES string of the molecule is CCC(O)COc1ccc(C(=O)NCC(C)C)cc1Cc1oc2ccccc2c1C(=O)Nc1ccc(F)cc1. The zero-order valence-electron chi connectivity index (χ0n) is 22.3. The number of rotatable bonds is 11. The molecule has 1 aromatic heterocycles. The number of hydrogen-bond acceptors (Lipinski definition) is 5. The van der Waals surface area contributed by atoms with Gasteiger partial charge in [-0.3, -0.25) is 9.59 Å². The van der Waals surface area contributed by atoms with Crippen LogP contribution in [-0.4, -0.2) is 36.2 Å². The van der Waals surface area contributed by atoms with E-state index in [9.17, 15) is 19.1 Å². The summed E-state index contributed by atoms with van der Waals surface area (Å²) in [7, 11) is 0. The Morgan fingerprint density at radius 2 is 1.77 bits per heavy atom. The molecule has 1 unspecified atom stereocenters. The van der Waals surface area contributed by atoms with E-state index >= 15 is 0 Å². The van der Waals surface area contributed by atoms with E-state index in [1.165, 1.54) is 24.3 Å². The Morgan fingerprint density at radius 1 is 1.03 bits per heavy atom. The molecule has 0 fully saturated rings. The Balaban J connectivity index is 1.71. The summed E-state index contributed by atoms with van der Waals surface area (Å²) in [5.41, 5.74) is 2.39. The van der Waals surface area contributed by atoms with Gasteiger partial charge in [-0.05, 0) is 60.9 Å². The van der Waals surface area contributed by atoms with Crippen LogP contribution in [0.3, 0.4) is 0 Å². The monoisotopic (exact) mass is 532 g/mol. The summed E-state index contributed by atoms with van der Waals surface area (Å²) in [5, 5.41) is 16.4. The average Bonchev–Trinajstić information content (AvgIpc) is 3.29. The molecular weight excluding hydrogens is 499 g/mol. The molecule has 0 bridgehead atoms. The van der Waals surface area contributed by atoms with Crippen molar-refractivity contribution in [2.24, 2.45) is 5.92 Å². The van der Waals surface area contributed by atoms with E-state index < -0.39 is 17.8 Å². The third kappa shape index (κ3) is 7.03. The number of carbonyl (C=O) groups is 2. The molecule has 1 heterocycles. The van der Waals surface area contributed by atoms with Crippen molar-refractivity contribution in [1.82, 2.24) is 5.32 Å². The Labute approximate surface area is 227 Å². The summed E-state index contributed by atoms with van der Waals surface area (Å²) >= 11 is 0. The van der Waals surface area contributed by atoms with Gasteiger partial charge in [0.05, 0.1) is 11.7 Å². The van der Waals surface area contributed by atoms with Crippen LogP contribution in [0.5, 0.6) is 5.75 Å². The molecule has 4 rings (SSSR count). The third-order valence-corrected chi connectivity index (χ3v) is 6.24. The number of benzene rings is 3. The Morgan fingerprint density at radius 3 is 2.49 bits per heavy atom. The van der Waals surface area contributed by atoms with Gasteiger partial charge >= 0.3 is 0 Å². The highest BCUT2D eigenvalue weighted by molar-refractivity contribution is 6.13. The first kappa shape index (κ1) is 27.9. The zero-order valence-corrected chi connectivity index (χ0v) is 22.3. The Hall–Kier alpha value is -4.17. The molecule has 0 saturated heterocycles. The van der Waals surface area contributed by atoms with Crippen LogP contribution in [0.25, 0.3) is 11.0 Å². The highest BCUT2D eigenvalue weighted by Gasteiger charge is 2.23. The molecule has 0 aliphatic rings. The van der Waals surface area contributed by atoms with Crippen molar-refractivity contribution in [1.29, 1.82) is 0 Å². The predicted molar refractivity (Wildman–Crippen MR) is 149 cm³/mol. The minimum absolute atomic E-state index is 0.0838. The normalized spacial score (nSPS) is 11.9. The van der Waals surface area contributed by atoms with Crippen LogP contribution >= 0.6 is 0 Å². The molecule has 4 aromatic rings. The molecule has 39 heavy (non-hydrogen) atoms. The first-order chi connectivity index (χ1) is 18.7. The van der Waals surface area contributed by atoms with E-state index in [2.05, 4.69) is 10.6 Å². The second-order valence-corrected chi connectivity index (χ2v) is 9.83. The minimum atomic E-state index is -0.643. The fourth-order valence-corrected chi connectivity index (χ4v) is 4.07. The summed E-state index contributed by atoms with van der Waals surface area (Å²) < 4.78 is 25.4. The van der Waals surface area contributed by atoms with Crippen molar-refractivity contribution in [3.8, 4) is 5.75 Å². The average molecular weight is 533 g/mol. The minimum Gasteiger partial charge on any atom is -0.491 e. The van der Waals surface area contributed by atoms with E-state index in [4.69, 9.17) is 9.15 Å². The van der Waals surface area contributed by atoms with Gasteiger partial charge in [0, 0.05) is 35.2 Å². The largest absolute Gasteiger partial charge is 0.491 e. The van der Waals surface area contributed by atoms with Crippen molar-refractivity contribution in [2.45, 2.75) is 39.7 Å². The van der Waals surface area contributed by atoms with Crippen LogP contribution in [0.15, 0.2) is 71.1 Å². The molecule has 1 atom stereocenters. The van der Waals surface area contributed by atoms with Gasteiger partial charge in [0.1, 0.15) is 29.5 Å². The number of nitrogens with one attached hydrogen (secondary N) is 2. The van der Waals surface area contributed by atoms with E-state index in [1.54, 1.807) is 30.3 Å². The van der Waals surface area contributed by atoms with Crippen molar-refractivity contribution < 1.29 is 28.2 Å². The van der Waals surface area contributed by atoms with Gasteiger partial charge in [-0.15, -0.1) is 0 Å². The van der Waals surface area contributed by atoms with Gasteiger partial charge in [0.15, 0.2) is 0 Å². The van der Waals surface area contributed by atoms with Gasteiger partial charge in [-0.25, -0.2) is 4.39 Å². The van der Waals surface area contributed by atoms with Crippen LogP contribution in [0.2, 0.25) is 0 Å². The lowest BCUT2D eigenvalue weighted by molar-refractivity contribution is 0.0946. The summed E-state index contributed by atoms with van der Waals surface area (Å²) in [6.07, 6.45) is 0.0431. The third-order valence-electron chi connectivity index (χ3n) is 6.24. The molecule has 204 valence electrons. The number of anilines is 1. The van der Waals surface area contributed by atoms with Gasteiger partial charge < -0.3 is 24.9 Å². The summed E-state index contributed by atoms with van der Waals surface area (Å²) in [5.74, 6) is 0.134. The first-order valence-corrected chi connectivity index (χ1v) is 13.0. The predicted octanol–water partition coefficient (Wildman–Crippen LogP) is 5.95. The number of hydrogen-bond donors (Lipinski definition) is 3. The van der Waals surface area contributed by atoms with E-state index in [1.807, 2.05) is 32.9 Å². The quantitative estimate of drug-likeness (QED) is 0.222. The smallest absolute Gasteiger partial charge is 0.259 e. The molecule has 0 aliphatic heterocycles. The van der Waals surface area contributed by atoms with E-state index in [0.29, 0.717) is 63.7 Å². The van der Waals surface area contributed by atoms with Crippen molar-refractivity contribution in [2.75, 3.05) is 18.5 Å². The van der Waals surface area contributed by atoms with Crippen LogP contribution in [0.1, 0.15) is 59.2 Å². The molecule has 0 radical (unpaired) electrons. The fourth-order valence-electron chi connectivity index (χ4n) is 4.07. The molecule has 0 aliphatic carbocycles. The van der Waals surface area contributed by atoms with Gasteiger partial charge in [0.25, 0.3) is 11.8 Å². The summed E-state index contributed by atoms with van der Waals surface area (Å²) in [4.78, 5) is 26.3. The van der Waals surface area contributed by atoms with Crippen molar-refractivity contribution in [3.63, 3.8) is 0 Å². The molecule has 0 saturated carbocycles. The number of ether oxygens (including phenoxy) is 1. The highest BCUT2D eigenvalue weighted by atomic mass is 19.1. The van der Waals surface area contributed by atoms with E-state index in [-0.39, 0.29) is 18.9 Å². The first-order valence-electron chi connectivity index (χ1n) is 13.0. The molecule has 3 N–H and O–H groups in total. The van der Waals surface area contributed by atoms with Crippen LogP contribution < -0.4 is 15.4 Å². The second kappa shape index (κ2) is 12.6. The topological polar surface area (TPSA) is 101 Å². The summed E-state index contributed by atoms with van der Waals surface area (Å²) in [6.45, 7) is 6.51. The molecule has 3 aromatic carbocycles. The maximum atomic E-state index is 13.5. The lowest BCUT2D eigenvalue weighted by Crippen LogP contribution is -2.27. The zero-order chi connectivity index (χ0) is 27.9. The highest BCUT2D eigenvalue weighted by Crippen LogP contribution is 2.32. The van der Waals surface area contributed by atoms with Gasteiger partial charge in [0.2, 0.25) is 0 Å². The number of furan rings is 1. The van der Waals surface area contributed by atoms with Gasteiger partial charge in [-0.1, -0.05) is 39.0 Å². The van der Waals surface area contributed by atoms with Crippen LogP contribution in [0.4, 0.5) is 10.1 Å². The van der Waals surface area contributed by atoms with Crippen LogP contribution in [-0.2, 0) is 6.42 Å². The maximum absolute atomic E-state index is 13.5. The molecule has 2 amide bonds. The lowest BCUT2D eigenvalue weighted by Gasteiger charge is -2.16. The van der Waals surface area contributed by atoms with Crippen molar-refractivity contribution in [3.05, 3.63) is 95.0 Å². The Kier molecular flexibility index (Phi) is 8.99. The molecule has 7 nitrogen and oxygen atoms in total. The number of carbonyl (C=O) groups excluding carboxylic acids is 2. The Bertz CT molecular complexity index is 1450. The molecule has 0 spiro atoms. The van der Waals surface area contributed by atoms with Crippen LogP contribution in [0, 0.1) is 11.7 Å². The standard InChI is InChI=1S/C31H33FN2O5/c1-4-24(35)18-38-26-14-9-20(30(36)33-17-19(2)3)15-21(26)16-28-29(25-7-5-6-8-27(25)39-28)31(37)34-23-12-10-22(32)11-13-23/h5-15,19,24,35H,4,16-18H2,1-3H3,(H,33,36)(H,34,37).